The highest BCUT2D eigenvalue weighted by molar-refractivity contribution is 5.66. The van der Waals surface area contributed by atoms with Crippen molar-refractivity contribution in [2.24, 2.45) is 5.92 Å². The van der Waals surface area contributed by atoms with E-state index in [4.69, 9.17) is 14.6 Å². The molecule has 0 saturated carbocycles. The first-order valence-electron chi connectivity index (χ1n) is 8.37. The number of unbranched alkanes of at least 4 members (excludes halogenated alkanes) is 2. The molecule has 5 heteroatoms. The Morgan fingerprint density at radius 1 is 1.33 bits per heavy atom. The van der Waals surface area contributed by atoms with Crippen LogP contribution in [0, 0.1) is 5.92 Å². The van der Waals surface area contributed by atoms with Gasteiger partial charge in [0, 0.05) is 17.9 Å². The summed E-state index contributed by atoms with van der Waals surface area (Å²) in [4.78, 5) is 10.5. The monoisotopic (exact) mass is 334 g/mol. The summed E-state index contributed by atoms with van der Waals surface area (Å²) in [6.45, 7) is 4.25. The minimum absolute atomic E-state index is 0.00537. The number of para-hydroxylation sites is 1. The van der Waals surface area contributed by atoms with Crippen LogP contribution in [0.4, 0.5) is 0 Å². The van der Waals surface area contributed by atoms with Crippen LogP contribution < -0.4 is 0 Å². The van der Waals surface area contributed by atoms with Crippen LogP contribution in [-0.2, 0) is 14.3 Å². The smallest absolute Gasteiger partial charge is 0.303 e. The zero-order valence-corrected chi connectivity index (χ0v) is 14.3. The fourth-order valence-electron chi connectivity index (χ4n) is 2.80. The van der Waals surface area contributed by atoms with Crippen LogP contribution in [0.1, 0.15) is 51.2 Å². The normalized spacial score (nSPS) is 23.4. The van der Waals surface area contributed by atoms with E-state index < -0.39 is 11.8 Å². The Bertz CT molecular complexity index is 579. The number of allylic oxidation sites excluding steroid dienone is 1. The van der Waals surface area contributed by atoms with Gasteiger partial charge in [0.1, 0.15) is 5.75 Å². The molecule has 1 aromatic carbocycles. The van der Waals surface area contributed by atoms with Crippen LogP contribution in [0.5, 0.6) is 5.75 Å². The number of carboxylic acids is 1. The zero-order chi connectivity index (χ0) is 17.6. The summed E-state index contributed by atoms with van der Waals surface area (Å²) < 4.78 is 11.8. The summed E-state index contributed by atoms with van der Waals surface area (Å²) in [7, 11) is 0. The standard InChI is InChI=1S/C19H26O5/c1-19(2)23-13-14(9-5-3-4-6-12-17(21)22)18(24-19)15-10-7-8-11-16(15)20/h5,7-11,14,18,20H,3-4,6,12-13H2,1-2H3,(H,21,22)/b9-5+. The largest absolute Gasteiger partial charge is 0.508 e. The fraction of sp³-hybridized carbons (Fsp3) is 0.526. The lowest BCUT2D eigenvalue weighted by molar-refractivity contribution is -0.289. The van der Waals surface area contributed by atoms with E-state index in [9.17, 15) is 9.90 Å². The third-order valence-electron chi connectivity index (χ3n) is 4.06. The molecule has 132 valence electrons. The highest BCUT2D eigenvalue weighted by atomic mass is 16.7. The lowest BCUT2D eigenvalue weighted by atomic mass is 9.93. The minimum atomic E-state index is -0.755. The van der Waals surface area contributed by atoms with Gasteiger partial charge in [0.25, 0.3) is 0 Å². The molecule has 2 N–H and O–H groups in total. The number of carboxylic acid groups (broad SMARTS) is 1. The average molecular weight is 334 g/mol. The fourth-order valence-corrected chi connectivity index (χ4v) is 2.80. The Hall–Kier alpha value is -1.85. The van der Waals surface area contributed by atoms with Crippen molar-refractivity contribution < 1.29 is 24.5 Å². The van der Waals surface area contributed by atoms with E-state index in [1.54, 1.807) is 12.1 Å². The number of rotatable bonds is 7. The van der Waals surface area contributed by atoms with E-state index in [0.717, 1.165) is 18.4 Å². The second-order valence-electron chi connectivity index (χ2n) is 6.54. The first kappa shape index (κ1) is 18.5. The predicted molar refractivity (Wildman–Crippen MR) is 90.7 cm³/mol. The molecular formula is C19H26O5. The SMILES string of the molecule is CC1(C)OCC(/C=C/CCCCC(=O)O)C(c2ccccc2O)O1. The van der Waals surface area contributed by atoms with Crippen LogP contribution in [-0.4, -0.2) is 28.6 Å². The van der Waals surface area contributed by atoms with Gasteiger partial charge in [0.2, 0.25) is 0 Å². The van der Waals surface area contributed by atoms with Crippen LogP contribution in [0.3, 0.4) is 0 Å². The van der Waals surface area contributed by atoms with Crippen molar-refractivity contribution in [1.82, 2.24) is 0 Å². The van der Waals surface area contributed by atoms with Gasteiger partial charge in [-0.05, 0) is 39.2 Å². The second-order valence-corrected chi connectivity index (χ2v) is 6.54. The van der Waals surface area contributed by atoms with Crippen molar-refractivity contribution in [2.75, 3.05) is 6.61 Å². The van der Waals surface area contributed by atoms with Gasteiger partial charge in [0.05, 0.1) is 12.7 Å². The van der Waals surface area contributed by atoms with E-state index in [2.05, 4.69) is 0 Å². The molecule has 1 aliphatic rings. The predicted octanol–water partition coefficient (Wildman–Crippen LogP) is 4.03. The van der Waals surface area contributed by atoms with Gasteiger partial charge in [-0.1, -0.05) is 30.4 Å². The lowest BCUT2D eigenvalue weighted by Gasteiger charge is -2.40. The molecule has 0 bridgehead atoms. The second kappa shape index (κ2) is 8.31. The van der Waals surface area contributed by atoms with Crippen molar-refractivity contribution >= 4 is 5.97 Å². The number of aliphatic carboxylic acids is 1. The van der Waals surface area contributed by atoms with E-state index in [1.165, 1.54) is 0 Å². The van der Waals surface area contributed by atoms with E-state index in [-0.39, 0.29) is 24.2 Å². The molecule has 5 nitrogen and oxygen atoms in total. The third kappa shape index (κ3) is 5.35. The van der Waals surface area contributed by atoms with Gasteiger partial charge in [0.15, 0.2) is 5.79 Å². The Labute approximate surface area is 142 Å². The van der Waals surface area contributed by atoms with Crippen LogP contribution in [0.25, 0.3) is 0 Å². The topological polar surface area (TPSA) is 76.0 Å². The molecule has 2 unspecified atom stereocenters. The van der Waals surface area contributed by atoms with Crippen molar-refractivity contribution in [3.8, 4) is 5.75 Å². The molecular weight excluding hydrogens is 308 g/mol. The molecule has 24 heavy (non-hydrogen) atoms. The number of ether oxygens (including phenoxy) is 2. The quantitative estimate of drug-likeness (QED) is 0.581. The van der Waals surface area contributed by atoms with Gasteiger partial charge < -0.3 is 19.7 Å². The molecule has 2 rings (SSSR count). The molecule has 0 radical (unpaired) electrons. The minimum Gasteiger partial charge on any atom is -0.508 e. The molecule has 0 spiro atoms. The van der Waals surface area contributed by atoms with Crippen LogP contribution in [0.15, 0.2) is 36.4 Å². The average Bonchev–Trinajstić information content (AvgIpc) is 2.51. The molecule has 1 aliphatic heterocycles. The first-order chi connectivity index (χ1) is 11.4. The molecule has 0 aromatic heterocycles. The van der Waals surface area contributed by atoms with Crippen molar-refractivity contribution in [3.63, 3.8) is 0 Å². The van der Waals surface area contributed by atoms with Gasteiger partial charge in [-0.2, -0.15) is 0 Å². The summed E-state index contributed by atoms with van der Waals surface area (Å²) in [5, 5.41) is 18.8. The molecule has 1 heterocycles. The van der Waals surface area contributed by atoms with Crippen LogP contribution >= 0.6 is 0 Å². The number of phenolic OH excluding ortho intramolecular Hbond substituents is 1. The maximum atomic E-state index is 10.5. The summed E-state index contributed by atoms with van der Waals surface area (Å²) in [5.74, 6) is -1.22. The molecule has 1 fully saturated rings. The van der Waals surface area contributed by atoms with Crippen molar-refractivity contribution in [3.05, 3.63) is 42.0 Å². The van der Waals surface area contributed by atoms with Gasteiger partial charge in [-0.3, -0.25) is 4.79 Å². The number of phenols is 1. The third-order valence-corrected chi connectivity index (χ3v) is 4.06. The van der Waals surface area contributed by atoms with E-state index in [0.29, 0.717) is 13.0 Å². The van der Waals surface area contributed by atoms with Gasteiger partial charge >= 0.3 is 5.97 Å². The van der Waals surface area contributed by atoms with E-state index >= 15 is 0 Å². The Morgan fingerprint density at radius 2 is 2.08 bits per heavy atom. The van der Waals surface area contributed by atoms with Gasteiger partial charge in [-0.25, -0.2) is 0 Å². The molecule has 1 aromatic rings. The number of benzene rings is 1. The molecule has 1 saturated heterocycles. The number of hydrogen-bond acceptors (Lipinski definition) is 4. The summed E-state index contributed by atoms with van der Waals surface area (Å²) in [6, 6.07) is 7.20. The summed E-state index contributed by atoms with van der Waals surface area (Å²) in [6.07, 6.45) is 6.36. The summed E-state index contributed by atoms with van der Waals surface area (Å²) >= 11 is 0. The molecule has 0 aliphatic carbocycles. The van der Waals surface area contributed by atoms with Crippen LogP contribution in [0.2, 0.25) is 0 Å². The van der Waals surface area contributed by atoms with Gasteiger partial charge in [-0.15, -0.1) is 0 Å². The number of hydrogen-bond donors (Lipinski definition) is 2. The number of carbonyl (C=O) groups is 1. The first-order valence-corrected chi connectivity index (χ1v) is 8.37. The Kier molecular flexibility index (Phi) is 6.40. The lowest BCUT2D eigenvalue weighted by Crippen LogP contribution is -2.40. The highest BCUT2D eigenvalue weighted by Crippen LogP contribution is 2.40. The zero-order valence-electron chi connectivity index (χ0n) is 14.3. The van der Waals surface area contributed by atoms with Crippen molar-refractivity contribution in [1.29, 1.82) is 0 Å². The maximum Gasteiger partial charge on any atom is 0.303 e. The Balaban J connectivity index is 2.01. The Morgan fingerprint density at radius 3 is 2.79 bits per heavy atom. The van der Waals surface area contributed by atoms with Crippen molar-refractivity contribution in [2.45, 2.75) is 51.4 Å². The maximum absolute atomic E-state index is 10.5. The number of aromatic hydroxyl groups is 1. The summed E-state index contributed by atoms with van der Waals surface area (Å²) in [5.41, 5.74) is 0.759. The highest BCUT2D eigenvalue weighted by Gasteiger charge is 2.37. The molecule has 2 atom stereocenters. The van der Waals surface area contributed by atoms with E-state index in [1.807, 2.05) is 38.1 Å². The molecule has 0 amide bonds.